The molecule has 0 radical (unpaired) electrons. The Hall–Kier alpha value is -3.32. The van der Waals surface area contributed by atoms with Gasteiger partial charge in [0.1, 0.15) is 11.8 Å². The molecule has 0 aliphatic heterocycles. The summed E-state index contributed by atoms with van der Waals surface area (Å²) in [6.45, 7) is 3.81. The molecular formula is C20H17N3O. The minimum absolute atomic E-state index is 0.211. The van der Waals surface area contributed by atoms with Gasteiger partial charge in [0.05, 0.1) is 11.3 Å². The zero-order chi connectivity index (χ0) is 17.3. The molecular weight excluding hydrogens is 298 g/mol. The number of hydrogen-bond acceptors (Lipinski definition) is 4. The second kappa shape index (κ2) is 6.05. The molecule has 4 heteroatoms. The third-order valence-corrected chi connectivity index (χ3v) is 4.23. The van der Waals surface area contributed by atoms with Gasteiger partial charge in [-0.05, 0) is 72.0 Å². The molecule has 0 spiro atoms. The van der Waals surface area contributed by atoms with Gasteiger partial charge in [-0.15, -0.1) is 0 Å². The molecule has 2 aromatic carbocycles. The van der Waals surface area contributed by atoms with Gasteiger partial charge >= 0.3 is 0 Å². The van der Waals surface area contributed by atoms with Crippen LogP contribution in [0.5, 0.6) is 5.75 Å². The summed E-state index contributed by atoms with van der Waals surface area (Å²) < 4.78 is 0. The molecule has 3 N–H and O–H groups in total. The van der Waals surface area contributed by atoms with E-state index in [1.807, 2.05) is 38.1 Å². The molecule has 0 saturated carbocycles. The molecule has 118 valence electrons. The van der Waals surface area contributed by atoms with Gasteiger partial charge in [-0.1, -0.05) is 6.07 Å². The van der Waals surface area contributed by atoms with Crippen LogP contribution in [0.15, 0.2) is 48.8 Å². The second-order valence-corrected chi connectivity index (χ2v) is 5.73. The number of benzene rings is 2. The van der Waals surface area contributed by atoms with Crippen LogP contribution in [0.3, 0.4) is 0 Å². The number of aromatic hydroxyl groups is 1. The van der Waals surface area contributed by atoms with E-state index in [0.29, 0.717) is 11.3 Å². The number of phenolic OH excluding ortho intramolecular Hbond substituents is 1. The van der Waals surface area contributed by atoms with Crippen LogP contribution in [-0.4, -0.2) is 10.1 Å². The molecule has 4 nitrogen and oxygen atoms in total. The Morgan fingerprint density at radius 1 is 1.04 bits per heavy atom. The number of nitrogen functional groups attached to an aromatic ring is 1. The molecule has 0 fully saturated rings. The molecule has 24 heavy (non-hydrogen) atoms. The molecule has 3 aromatic rings. The second-order valence-electron chi connectivity index (χ2n) is 5.73. The average molecular weight is 315 g/mol. The number of anilines is 1. The number of nitriles is 1. The van der Waals surface area contributed by atoms with Crippen LogP contribution >= 0.6 is 0 Å². The molecule has 0 atom stereocenters. The highest BCUT2D eigenvalue weighted by molar-refractivity contribution is 5.88. The van der Waals surface area contributed by atoms with E-state index in [1.54, 1.807) is 24.5 Å². The predicted octanol–water partition coefficient (Wildman–Crippen LogP) is 4.19. The Labute approximate surface area is 140 Å². The molecule has 1 heterocycles. The predicted molar refractivity (Wildman–Crippen MR) is 95.4 cm³/mol. The molecule has 0 aliphatic carbocycles. The fraction of sp³-hybridized carbons (Fsp3) is 0.100. The summed E-state index contributed by atoms with van der Waals surface area (Å²) in [4.78, 5) is 4.03. The van der Waals surface area contributed by atoms with Gasteiger partial charge in [0, 0.05) is 18.0 Å². The lowest BCUT2D eigenvalue weighted by Crippen LogP contribution is -1.99. The monoisotopic (exact) mass is 315 g/mol. The molecule has 0 bridgehead atoms. The fourth-order valence-corrected chi connectivity index (χ4v) is 2.91. The first-order chi connectivity index (χ1) is 11.5. The molecule has 0 saturated heterocycles. The van der Waals surface area contributed by atoms with Crippen LogP contribution in [0.2, 0.25) is 0 Å². The Kier molecular flexibility index (Phi) is 3.93. The van der Waals surface area contributed by atoms with Crippen molar-refractivity contribution in [1.82, 2.24) is 4.98 Å². The highest BCUT2D eigenvalue weighted by Gasteiger charge is 2.16. The number of nitrogens with zero attached hydrogens (tertiary/aromatic N) is 2. The Bertz CT molecular complexity index is 957. The number of aromatic nitrogens is 1. The quantitative estimate of drug-likeness (QED) is 0.694. The first-order valence-corrected chi connectivity index (χ1v) is 7.56. The molecule has 0 aliphatic rings. The van der Waals surface area contributed by atoms with E-state index in [0.717, 1.165) is 33.4 Å². The van der Waals surface area contributed by atoms with Crippen LogP contribution in [0, 0.1) is 25.2 Å². The largest absolute Gasteiger partial charge is 0.508 e. The fourth-order valence-electron chi connectivity index (χ4n) is 2.91. The summed E-state index contributed by atoms with van der Waals surface area (Å²) in [6, 6.07) is 13.2. The number of pyridine rings is 1. The molecule has 0 amide bonds. The van der Waals surface area contributed by atoms with Gasteiger partial charge in [0.25, 0.3) is 0 Å². The first kappa shape index (κ1) is 15.6. The van der Waals surface area contributed by atoms with Crippen LogP contribution in [-0.2, 0) is 0 Å². The third kappa shape index (κ3) is 2.57. The van der Waals surface area contributed by atoms with E-state index in [4.69, 9.17) is 5.73 Å². The zero-order valence-electron chi connectivity index (χ0n) is 13.5. The van der Waals surface area contributed by atoms with Crippen molar-refractivity contribution in [3.8, 4) is 34.1 Å². The van der Waals surface area contributed by atoms with Gasteiger partial charge in [0.15, 0.2) is 0 Å². The lowest BCUT2D eigenvalue weighted by molar-refractivity contribution is 0.471. The van der Waals surface area contributed by atoms with Crippen molar-refractivity contribution in [2.45, 2.75) is 13.8 Å². The maximum atomic E-state index is 10.1. The molecule has 1 aromatic heterocycles. The SMILES string of the molecule is Cc1ccc(O)c(C)c1-c1cc(-c2ccncc2)cc(C#N)c1N. The van der Waals surface area contributed by atoms with Crippen molar-refractivity contribution < 1.29 is 5.11 Å². The third-order valence-electron chi connectivity index (χ3n) is 4.23. The Morgan fingerprint density at radius 3 is 2.42 bits per heavy atom. The van der Waals surface area contributed by atoms with Gasteiger partial charge in [-0.2, -0.15) is 5.26 Å². The Balaban J connectivity index is 2.34. The molecule has 0 unspecified atom stereocenters. The molecule has 3 rings (SSSR count). The zero-order valence-corrected chi connectivity index (χ0v) is 13.5. The summed E-state index contributed by atoms with van der Waals surface area (Å²) >= 11 is 0. The maximum absolute atomic E-state index is 10.1. The topological polar surface area (TPSA) is 82.9 Å². The lowest BCUT2D eigenvalue weighted by atomic mass is 9.90. The van der Waals surface area contributed by atoms with Crippen molar-refractivity contribution in [2.75, 3.05) is 5.73 Å². The maximum Gasteiger partial charge on any atom is 0.119 e. The summed E-state index contributed by atoms with van der Waals surface area (Å²) in [6.07, 6.45) is 3.42. The summed E-state index contributed by atoms with van der Waals surface area (Å²) in [7, 11) is 0. The van der Waals surface area contributed by atoms with E-state index >= 15 is 0 Å². The van der Waals surface area contributed by atoms with Crippen molar-refractivity contribution in [1.29, 1.82) is 5.26 Å². The van der Waals surface area contributed by atoms with Crippen molar-refractivity contribution >= 4 is 5.69 Å². The Morgan fingerprint density at radius 2 is 1.75 bits per heavy atom. The summed E-state index contributed by atoms with van der Waals surface area (Å²) in [5.74, 6) is 0.211. The summed E-state index contributed by atoms with van der Waals surface area (Å²) in [5.41, 5.74) is 12.3. The number of aryl methyl sites for hydroxylation is 1. The average Bonchev–Trinajstić information content (AvgIpc) is 2.60. The van der Waals surface area contributed by atoms with Gasteiger partial charge in [-0.3, -0.25) is 4.98 Å². The minimum Gasteiger partial charge on any atom is -0.508 e. The first-order valence-electron chi connectivity index (χ1n) is 7.56. The van der Waals surface area contributed by atoms with Gasteiger partial charge in [-0.25, -0.2) is 0 Å². The van der Waals surface area contributed by atoms with Crippen LogP contribution in [0.25, 0.3) is 22.3 Å². The lowest BCUT2D eigenvalue weighted by Gasteiger charge is -2.16. The van der Waals surface area contributed by atoms with Crippen molar-refractivity contribution in [2.24, 2.45) is 0 Å². The van der Waals surface area contributed by atoms with Crippen molar-refractivity contribution in [3.05, 3.63) is 65.5 Å². The van der Waals surface area contributed by atoms with Gasteiger partial charge < -0.3 is 10.8 Å². The number of hydrogen-bond donors (Lipinski definition) is 2. The van der Waals surface area contributed by atoms with Crippen LogP contribution in [0.1, 0.15) is 16.7 Å². The van der Waals surface area contributed by atoms with Crippen molar-refractivity contribution in [3.63, 3.8) is 0 Å². The minimum atomic E-state index is 0.211. The van der Waals surface area contributed by atoms with E-state index in [-0.39, 0.29) is 5.75 Å². The highest BCUT2D eigenvalue weighted by Crippen LogP contribution is 2.39. The van der Waals surface area contributed by atoms with Crippen LogP contribution in [0.4, 0.5) is 5.69 Å². The van der Waals surface area contributed by atoms with E-state index in [1.165, 1.54) is 0 Å². The summed E-state index contributed by atoms with van der Waals surface area (Å²) in [5, 5.41) is 19.5. The smallest absolute Gasteiger partial charge is 0.119 e. The number of rotatable bonds is 2. The highest BCUT2D eigenvalue weighted by atomic mass is 16.3. The standard InChI is InChI=1S/C20H17N3O/c1-12-3-4-18(24)13(2)19(12)17-10-15(9-16(11-21)20(17)22)14-5-7-23-8-6-14/h3-10,24H,22H2,1-2H3. The number of nitrogens with two attached hydrogens (primary N) is 1. The van der Waals surface area contributed by atoms with Crippen LogP contribution < -0.4 is 5.73 Å². The van der Waals surface area contributed by atoms with Gasteiger partial charge in [0.2, 0.25) is 0 Å². The number of phenols is 1. The van der Waals surface area contributed by atoms with E-state index in [2.05, 4.69) is 11.1 Å². The normalized spacial score (nSPS) is 10.4. The van der Waals surface area contributed by atoms with E-state index in [9.17, 15) is 10.4 Å². The van der Waals surface area contributed by atoms with E-state index < -0.39 is 0 Å².